The van der Waals surface area contributed by atoms with Crippen molar-refractivity contribution >= 4 is 71.1 Å². The van der Waals surface area contributed by atoms with Crippen LogP contribution in [0.4, 0.5) is 0 Å². The van der Waals surface area contributed by atoms with Crippen LogP contribution in [-0.2, 0) is 0 Å². The fourth-order valence-corrected chi connectivity index (χ4v) is 5.34. The Morgan fingerprint density at radius 3 is 2.34 bits per heavy atom. The van der Waals surface area contributed by atoms with E-state index in [9.17, 15) is 0 Å². The van der Waals surface area contributed by atoms with Crippen LogP contribution in [0.2, 0.25) is 0 Å². The molecule has 0 saturated carbocycles. The highest BCUT2D eigenvalue weighted by Gasteiger charge is 2.17. The lowest BCUT2D eigenvalue weighted by atomic mass is 9.98. The Morgan fingerprint density at radius 2 is 1.38 bits per heavy atom. The highest BCUT2D eigenvalue weighted by Crippen LogP contribution is 2.40. The van der Waals surface area contributed by atoms with Crippen LogP contribution in [0.25, 0.3) is 71.1 Å². The van der Waals surface area contributed by atoms with Gasteiger partial charge in [0, 0.05) is 26.9 Å². The average molecular weight is 408 g/mol. The van der Waals surface area contributed by atoms with Gasteiger partial charge in [-0.05, 0) is 47.2 Å². The monoisotopic (exact) mass is 408 g/mol. The number of furan rings is 1. The van der Waals surface area contributed by atoms with E-state index in [-0.39, 0.29) is 0 Å². The lowest BCUT2D eigenvalue weighted by Gasteiger charge is -2.12. The Morgan fingerprint density at radius 1 is 0.562 bits per heavy atom. The number of para-hydroxylation sites is 3. The molecule has 0 aliphatic heterocycles. The van der Waals surface area contributed by atoms with Gasteiger partial charge in [-0.2, -0.15) is 0 Å². The van der Waals surface area contributed by atoms with Crippen LogP contribution in [0.3, 0.4) is 0 Å². The number of hydrogen-bond acceptors (Lipinski definition) is 2. The molecule has 0 spiro atoms. The second kappa shape index (κ2) is 5.65. The summed E-state index contributed by atoms with van der Waals surface area (Å²) >= 11 is 0. The fourth-order valence-electron chi connectivity index (χ4n) is 5.34. The van der Waals surface area contributed by atoms with Crippen molar-refractivity contribution in [3.05, 3.63) is 97.1 Å². The summed E-state index contributed by atoms with van der Waals surface area (Å²) in [6, 6.07) is 34.1. The molecule has 8 rings (SSSR count). The number of aromatic nitrogens is 2. The maximum Gasteiger partial charge on any atom is 0.146 e. The van der Waals surface area contributed by atoms with E-state index in [4.69, 9.17) is 9.40 Å². The van der Waals surface area contributed by atoms with Gasteiger partial charge in [0.1, 0.15) is 16.8 Å². The molecule has 3 nitrogen and oxygen atoms in total. The van der Waals surface area contributed by atoms with Crippen LogP contribution in [-0.4, -0.2) is 9.38 Å². The quantitative estimate of drug-likeness (QED) is 0.239. The van der Waals surface area contributed by atoms with E-state index in [0.29, 0.717) is 0 Å². The number of hydrogen-bond donors (Lipinski definition) is 0. The summed E-state index contributed by atoms with van der Waals surface area (Å²) in [5, 5.41) is 8.29. The number of imidazole rings is 1. The number of benzene rings is 5. The molecule has 8 aromatic rings. The molecule has 3 aromatic heterocycles. The predicted octanol–water partition coefficient (Wildman–Crippen LogP) is 7.85. The number of pyridine rings is 1. The second-order valence-corrected chi connectivity index (χ2v) is 8.43. The van der Waals surface area contributed by atoms with Crippen molar-refractivity contribution in [1.29, 1.82) is 0 Å². The lowest BCUT2D eigenvalue weighted by Crippen LogP contribution is -1.92. The third-order valence-corrected chi connectivity index (χ3v) is 6.74. The number of fused-ring (bicyclic) bond motifs is 13. The molecule has 3 heteroatoms. The third-order valence-electron chi connectivity index (χ3n) is 6.74. The second-order valence-electron chi connectivity index (χ2n) is 8.43. The van der Waals surface area contributed by atoms with E-state index in [1.165, 1.54) is 21.5 Å². The smallest absolute Gasteiger partial charge is 0.146 e. The molecular weight excluding hydrogens is 392 g/mol. The minimum Gasteiger partial charge on any atom is -0.456 e. The van der Waals surface area contributed by atoms with Crippen molar-refractivity contribution in [2.75, 3.05) is 0 Å². The lowest BCUT2D eigenvalue weighted by molar-refractivity contribution is 0.669. The largest absolute Gasteiger partial charge is 0.456 e. The summed E-state index contributed by atoms with van der Waals surface area (Å²) < 4.78 is 8.59. The summed E-state index contributed by atoms with van der Waals surface area (Å²) in [6.07, 6.45) is 0. The van der Waals surface area contributed by atoms with Gasteiger partial charge in [0.25, 0.3) is 0 Å². The fraction of sp³-hybridized carbons (Fsp3) is 0. The summed E-state index contributed by atoms with van der Waals surface area (Å²) in [4.78, 5) is 5.07. The molecule has 148 valence electrons. The molecule has 3 heterocycles. The van der Waals surface area contributed by atoms with Crippen LogP contribution < -0.4 is 0 Å². The molecule has 0 bridgehead atoms. The zero-order valence-electron chi connectivity index (χ0n) is 17.0. The minimum absolute atomic E-state index is 0.914. The van der Waals surface area contributed by atoms with Crippen molar-refractivity contribution in [1.82, 2.24) is 9.38 Å². The molecule has 0 fully saturated rings. The first kappa shape index (κ1) is 16.3. The molecule has 0 radical (unpaired) electrons. The Balaban J connectivity index is 1.76. The highest BCUT2D eigenvalue weighted by atomic mass is 16.3. The Kier molecular flexibility index (Phi) is 2.89. The van der Waals surface area contributed by atoms with Gasteiger partial charge in [0.2, 0.25) is 0 Å². The van der Waals surface area contributed by atoms with Gasteiger partial charge in [0.05, 0.1) is 16.6 Å². The zero-order chi connectivity index (χ0) is 20.8. The van der Waals surface area contributed by atoms with Crippen LogP contribution in [0.15, 0.2) is 101 Å². The van der Waals surface area contributed by atoms with Crippen LogP contribution in [0.5, 0.6) is 0 Å². The Bertz CT molecular complexity index is 2040. The minimum atomic E-state index is 0.914. The van der Waals surface area contributed by atoms with E-state index in [1.807, 2.05) is 12.1 Å². The van der Waals surface area contributed by atoms with Gasteiger partial charge < -0.3 is 4.42 Å². The molecular formula is C29H16N2O. The summed E-state index contributed by atoms with van der Waals surface area (Å²) in [7, 11) is 0. The molecule has 5 aromatic carbocycles. The van der Waals surface area contributed by atoms with Crippen molar-refractivity contribution in [2.24, 2.45) is 0 Å². The maximum atomic E-state index is 6.28. The molecule has 0 aliphatic rings. The number of nitrogens with zero attached hydrogens (tertiary/aromatic N) is 2. The third kappa shape index (κ3) is 1.94. The highest BCUT2D eigenvalue weighted by molar-refractivity contribution is 6.26. The van der Waals surface area contributed by atoms with Crippen LogP contribution in [0, 0.1) is 0 Å². The zero-order valence-corrected chi connectivity index (χ0v) is 17.0. The van der Waals surface area contributed by atoms with E-state index in [1.54, 1.807) is 0 Å². The van der Waals surface area contributed by atoms with Gasteiger partial charge in [-0.25, -0.2) is 4.98 Å². The molecule has 32 heavy (non-hydrogen) atoms. The predicted molar refractivity (Wildman–Crippen MR) is 132 cm³/mol. The summed E-state index contributed by atoms with van der Waals surface area (Å²) in [5.41, 5.74) is 6.10. The topological polar surface area (TPSA) is 30.4 Å². The first-order chi connectivity index (χ1) is 15.9. The van der Waals surface area contributed by atoms with E-state index < -0.39 is 0 Å². The SMILES string of the molecule is c1ccc2c(c1)ccc1c2c2cc3oc4ccccc4c3cc2n2c3ccccc3nc12. The standard InChI is InChI=1S/C29H16N2O/c1-2-8-18-17(7-1)13-14-20-28(18)22-16-27-21(19-9-3-6-12-26(19)32-27)15-25(22)31-24-11-5-4-10-23(24)30-29(20)31/h1-16H. The van der Waals surface area contributed by atoms with Crippen molar-refractivity contribution in [3.63, 3.8) is 0 Å². The van der Waals surface area contributed by atoms with Gasteiger partial charge in [0.15, 0.2) is 0 Å². The van der Waals surface area contributed by atoms with Gasteiger partial charge in [-0.15, -0.1) is 0 Å². The first-order valence-corrected chi connectivity index (χ1v) is 10.8. The molecule has 0 N–H and O–H groups in total. The van der Waals surface area contributed by atoms with Gasteiger partial charge >= 0.3 is 0 Å². The maximum absolute atomic E-state index is 6.28. The molecule has 0 atom stereocenters. The van der Waals surface area contributed by atoms with Crippen molar-refractivity contribution in [2.45, 2.75) is 0 Å². The van der Waals surface area contributed by atoms with Gasteiger partial charge in [-0.1, -0.05) is 60.7 Å². The van der Waals surface area contributed by atoms with Crippen molar-refractivity contribution < 1.29 is 4.42 Å². The number of rotatable bonds is 0. The summed E-state index contributed by atoms with van der Waals surface area (Å²) in [5.74, 6) is 0. The average Bonchev–Trinajstić information content (AvgIpc) is 3.41. The first-order valence-electron chi connectivity index (χ1n) is 10.8. The normalized spacial score (nSPS) is 12.4. The molecule has 0 aliphatic carbocycles. The van der Waals surface area contributed by atoms with E-state index in [0.717, 1.165) is 49.5 Å². The van der Waals surface area contributed by atoms with Crippen LogP contribution >= 0.6 is 0 Å². The Labute approximate surface area is 182 Å². The van der Waals surface area contributed by atoms with Crippen LogP contribution in [0.1, 0.15) is 0 Å². The molecule has 0 unspecified atom stereocenters. The van der Waals surface area contributed by atoms with Crippen molar-refractivity contribution in [3.8, 4) is 0 Å². The molecule has 0 amide bonds. The van der Waals surface area contributed by atoms with E-state index >= 15 is 0 Å². The molecule has 0 saturated heterocycles. The Hall–Kier alpha value is -4.37. The van der Waals surface area contributed by atoms with Gasteiger partial charge in [-0.3, -0.25) is 4.40 Å². The summed E-state index contributed by atoms with van der Waals surface area (Å²) in [6.45, 7) is 0. The van der Waals surface area contributed by atoms with E-state index in [2.05, 4.69) is 89.3 Å².